The van der Waals surface area contributed by atoms with Gasteiger partial charge in [-0.25, -0.2) is 0 Å². The molecule has 1 aliphatic rings. The smallest absolute Gasteiger partial charge is 0.251 e. The zero-order chi connectivity index (χ0) is 13.0. The Balaban J connectivity index is 1.92. The zero-order valence-electron chi connectivity index (χ0n) is 11.0. The molecule has 98 valence electrons. The highest BCUT2D eigenvalue weighted by Gasteiger charge is 2.28. The third kappa shape index (κ3) is 3.09. The second kappa shape index (κ2) is 5.50. The number of hydrogen-bond acceptors (Lipinski definition) is 3. The van der Waals surface area contributed by atoms with Gasteiger partial charge in [-0.15, -0.1) is 0 Å². The minimum atomic E-state index is -0.0503. The second-order valence-corrected chi connectivity index (χ2v) is 4.99. The molecule has 0 spiro atoms. The van der Waals surface area contributed by atoms with Crippen molar-refractivity contribution in [1.29, 1.82) is 0 Å². The Kier molecular flexibility index (Phi) is 3.99. The molecule has 0 radical (unpaired) electrons. The van der Waals surface area contributed by atoms with Crippen LogP contribution in [0, 0.1) is 0 Å². The standard InChI is InChI=1S/C14H20N2O2/c1-14(7-8-18-10-14)16-9-11-3-5-12(6-4-11)13(17)15-2/h3-6,16H,7-10H2,1-2H3,(H,15,17). The molecule has 1 saturated heterocycles. The molecule has 1 atom stereocenters. The largest absolute Gasteiger partial charge is 0.379 e. The average Bonchev–Trinajstić information content (AvgIpc) is 2.83. The zero-order valence-corrected chi connectivity index (χ0v) is 11.0. The predicted molar refractivity (Wildman–Crippen MR) is 70.5 cm³/mol. The van der Waals surface area contributed by atoms with Gasteiger partial charge in [-0.1, -0.05) is 12.1 Å². The Bertz CT molecular complexity index is 408. The summed E-state index contributed by atoms with van der Waals surface area (Å²) >= 11 is 0. The van der Waals surface area contributed by atoms with Crippen LogP contribution in [0.5, 0.6) is 0 Å². The lowest BCUT2D eigenvalue weighted by Gasteiger charge is -2.23. The Morgan fingerprint density at radius 1 is 1.39 bits per heavy atom. The molecule has 1 aliphatic heterocycles. The third-order valence-corrected chi connectivity index (χ3v) is 3.38. The van der Waals surface area contributed by atoms with Crippen LogP contribution < -0.4 is 10.6 Å². The van der Waals surface area contributed by atoms with Gasteiger partial charge in [0, 0.05) is 31.3 Å². The monoisotopic (exact) mass is 248 g/mol. The summed E-state index contributed by atoms with van der Waals surface area (Å²) in [7, 11) is 1.64. The first kappa shape index (κ1) is 13.1. The van der Waals surface area contributed by atoms with Crippen LogP contribution in [0.2, 0.25) is 0 Å². The summed E-state index contributed by atoms with van der Waals surface area (Å²) < 4.78 is 5.40. The van der Waals surface area contributed by atoms with E-state index < -0.39 is 0 Å². The van der Waals surface area contributed by atoms with Crippen molar-refractivity contribution < 1.29 is 9.53 Å². The number of ether oxygens (including phenoxy) is 1. The van der Waals surface area contributed by atoms with Gasteiger partial charge >= 0.3 is 0 Å². The molecular weight excluding hydrogens is 228 g/mol. The van der Waals surface area contributed by atoms with Gasteiger partial charge in [0.2, 0.25) is 0 Å². The van der Waals surface area contributed by atoms with Crippen LogP contribution in [0.25, 0.3) is 0 Å². The highest BCUT2D eigenvalue weighted by atomic mass is 16.5. The molecule has 18 heavy (non-hydrogen) atoms. The van der Waals surface area contributed by atoms with Crippen molar-refractivity contribution in [2.24, 2.45) is 0 Å². The van der Waals surface area contributed by atoms with E-state index in [9.17, 15) is 4.79 Å². The maximum Gasteiger partial charge on any atom is 0.251 e. The molecule has 2 N–H and O–H groups in total. The van der Waals surface area contributed by atoms with Crippen LogP contribution in [-0.4, -0.2) is 31.7 Å². The number of amides is 1. The minimum Gasteiger partial charge on any atom is -0.379 e. The van der Waals surface area contributed by atoms with Gasteiger partial charge in [0.05, 0.1) is 6.61 Å². The number of carbonyl (C=O) groups is 1. The van der Waals surface area contributed by atoms with Crippen LogP contribution in [0.15, 0.2) is 24.3 Å². The Morgan fingerprint density at radius 2 is 2.11 bits per heavy atom. The minimum absolute atomic E-state index is 0.0503. The molecule has 2 rings (SSSR count). The van der Waals surface area contributed by atoms with E-state index in [4.69, 9.17) is 4.74 Å². The molecule has 1 aromatic carbocycles. The quantitative estimate of drug-likeness (QED) is 0.845. The van der Waals surface area contributed by atoms with Crippen LogP contribution in [0.4, 0.5) is 0 Å². The maximum atomic E-state index is 11.4. The van der Waals surface area contributed by atoms with Crippen LogP contribution in [-0.2, 0) is 11.3 Å². The molecule has 1 amide bonds. The summed E-state index contributed by atoms with van der Waals surface area (Å²) in [5.74, 6) is -0.0503. The van der Waals surface area contributed by atoms with E-state index in [1.807, 2.05) is 24.3 Å². The van der Waals surface area contributed by atoms with E-state index >= 15 is 0 Å². The SMILES string of the molecule is CNC(=O)c1ccc(CNC2(C)CCOC2)cc1. The summed E-state index contributed by atoms with van der Waals surface area (Å²) in [6, 6.07) is 7.67. The third-order valence-electron chi connectivity index (χ3n) is 3.38. The van der Waals surface area contributed by atoms with Gasteiger partial charge < -0.3 is 15.4 Å². The van der Waals surface area contributed by atoms with E-state index in [2.05, 4.69) is 17.6 Å². The summed E-state index contributed by atoms with van der Waals surface area (Å²) in [4.78, 5) is 11.4. The van der Waals surface area contributed by atoms with Gasteiger partial charge in [0.15, 0.2) is 0 Å². The van der Waals surface area contributed by atoms with E-state index in [-0.39, 0.29) is 11.4 Å². The Labute approximate surface area is 108 Å². The van der Waals surface area contributed by atoms with Gasteiger partial charge in [-0.2, -0.15) is 0 Å². The van der Waals surface area contributed by atoms with Gasteiger partial charge in [-0.3, -0.25) is 4.79 Å². The first-order chi connectivity index (χ1) is 8.63. The lowest BCUT2D eigenvalue weighted by atomic mass is 10.0. The van der Waals surface area contributed by atoms with Crippen molar-refractivity contribution in [3.8, 4) is 0 Å². The van der Waals surface area contributed by atoms with Gasteiger partial charge in [0.25, 0.3) is 5.91 Å². The lowest BCUT2D eigenvalue weighted by Crippen LogP contribution is -2.42. The molecule has 0 saturated carbocycles. The lowest BCUT2D eigenvalue weighted by molar-refractivity contribution is 0.0963. The van der Waals surface area contributed by atoms with Crippen LogP contribution >= 0.6 is 0 Å². The molecule has 4 nitrogen and oxygen atoms in total. The van der Waals surface area contributed by atoms with E-state index in [0.717, 1.165) is 26.2 Å². The summed E-state index contributed by atoms with van der Waals surface area (Å²) in [6.45, 7) is 4.58. The number of benzene rings is 1. The highest BCUT2D eigenvalue weighted by Crippen LogP contribution is 2.18. The molecule has 1 unspecified atom stereocenters. The molecule has 1 aromatic rings. The second-order valence-electron chi connectivity index (χ2n) is 4.99. The van der Waals surface area contributed by atoms with Crippen LogP contribution in [0.3, 0.4) is 0 Å². The fourth-order valence-corrected chi connectivity index (χ4v) is 2.04. The molecule has 1 fully saturated rings. The van der Waals surface area contributed by atoms with Crippen LogP contribution in [0.1, 0.15) is 29.3 Å². The predicted octanol–water partition coefficient (Wildman–Crippen LogP) is 1.31. The topological polar surface area (TPSA) is 50.4 Å². The molecule has 0 aromatic heterocycles. The highest BCUT2D eigenvalue weighted by molar-refractivity contribution is 5.93. The molecule has 0 bridgehead atoms. The summed E-state index contributed by atoms with van der Waals surface area (Å²) in [5, 5.41) is 6.12. The van der Waals surface area contributed by atoms with Crippen molar-refractivity contribution in [1.82, 2.24) is 10.6 Å². The molecule has 4 heteroatoms. The first-order valence-corrected chi connectivity index (χ1v) is 6.27. The number of rotatable bonds is 4. The van der Waals surface area contributed by atoms with E-state index in [0.29, 0.717) is 5.56 Å². The average molecular weight is 248 g/mol. The van der Waals surface area contributed by atoms with E-state index in [1.54, 1.807) is 7.05 Å². The molecular formula is C14H20N2O2. The molecule has 1 heterocycles. The Hall–Kier alpha value is -1.39. The number of carbonyl (C=O) groups excluding carboxylic acids is 1. The molecule has 0 aliphatic carbocycles. The number of hydrogen-bond donors (Lipinski definition) is 2. The fourth-order valence-electron chi connectivity index (χ4n) is 2.04. The van der Waals surface area contributed by atoms with Crippen molar-refractivity contribution in [2.75, 3.05) is 20.3 Å². The maximum absolute atomic E-state index is 11.4. The summed E-state index contributed by atoms with van der Waals surface area (Å²) in [5.41, 5.74) is 1.95. The van der Waals surface area contributed by atoms with Crippen molar-refractivity contribution in [3.63, 3.8) is 0 Å². The fraction of sp³-hybridized carbons (Fsp3) is 0.500. The van der Waals surface area contributed by atoms with Gasteiger partial charge in [0.1, 0.15) is 0 Å². The normalized spacial score (nSPS) is 23.0. The van der Waals surface area contributed by atoms with Crippen molar-refractivity contribution >= 4 is 5.91 Å². The van der Waals surface area contributed by atoms with Crippen molar-refractivity contribution in [2.45, 2.75) is 25.4 Å². The van der Waals surface area contributed by atoms with E-state index in [1.165, 1.54) is 5.56 Å². The Morgan fingerprint density at radius 3 is 2.67 bits per heavy atom. The van der Waals surface area contributed by atoms with Crippen molar-refractivity contribution in [3.05, 3.63) is 35.4 Å². The number of nitrogens with one attached hydrogen (secondary N) is 2. The van der Waals surface area contributed by atoms with Gasteiger partial charge in [-0.05, 0) is 31.0 Å². The summed E-state index contributed by atoms with van der Waals surface area (Å²) in [6.07, 6.45) is 1.04. The first-order valence-electron chi connectivity index (χ1n) is 6.27.